The first-order valence-electron chi connectivity index (χ1n) is 9.43. The van der Waals surface area contributed by atoms with E-state index in [0.29, 0.717) is 24.7 Å². The zero-order valence-electron chi connectivity index (χ0n) is 16.8. The number of halogens is 4. The van der Waals surface area contributed by atoms with E-state index in [1.165, 1.54) is 37.4 Å². The number of alkyl halides is 3. The van der Waals surface area contributed by atoms with Crippen molar-refractivity contribution in [2.24, 2.45) is 0 Å². The lowest BCUT2D eigenvalue weighted by Gasteiger charge is -2.19. The van der Waals surface area contributed by atoms with Crippen LogP contribution in [0.2, 0.25) is 5.02 Å². The summed E-state index contributed by atoms with van der Waals surface area (Å²) >= 11 is 5.55. The summed E-state index contributed by atoms with van der Waals surface area (Å²) in [5.74, 6) is -0.865. The second kappa shape index (κ2) is 9.08. The van der Waals surface area contributed by atoms with Gasteiger partial charge in [0.1, 0.15) is 0 Å². The Kier molecular flexibility index (Phi) is 6.82. The van der Waals surface area contributed by atoms with Crippen molar-refractivity contribution in [1.29, 1.82) is 0 Å². The van der Waals surface area contributed by atoms with E-state index >= 15 is 0 Å². The van der Waals surface area contributed by atoms with E-state index in [-0.39, 0.29) is 16.5 Å². The summed E-state index contributed by atoms with van der Waals surface area (Å²) in [6, 6.07) is 8.54. The van der Waals surface area contributed by atoms with Crippen LogP contribution < -0.4 is 10.2 Å². The molecule has 172 valence electrons. The number of amides is 2. The molecular formula is C20H19ClF3N3O4S. The molecule has 1 aliphatic heterocycles. The number of benzene rings is 2. The fourth-order valence-electron chi connectivity index (χ4n) is 3.21. The van der Waals surface area contributed by atoms with Crippen LogP contribution in [0.1, 0.15) is 18.4 Å². The maximum absolute atomic E-state index is 13.0. The molecule has 0 atom stereocenters. The fourth-order valence-corrected chi connectivity index (χ4v) is 4.56. The van der Waals surface area contributed by atoms with E-state index in [1.54, 1.807) is 4.90 Å². The molecule has 1 N–H and O–H groups in total. The average molecular weight is 490 g/mol. The Morgan fingerprint density at radius 3 is 2.41 bits per heavy atom. The summed E-state index contributed by atoms with van der Waals surface area (Å²) in [4.78, 5) is 25.5. The molecule has 1 heterocycles. The van der Waals surface area contributed by atoms with Gasteiger partial charge in [-0.15, -0.1) is 0 Å². The van der Waals surface area contributed by atoms with Crippen molar-refractivity contribution in [3.63, 3.8) is 0 Å². The molecule has 0 bridgehead atoms. The van der Waals surface area contributed by atoms with E-state index in [0.717, 1.165) is 16.8 Å². The van der Waals surface area contributed by atoms with Gasteiger partial charge in [0.2, 0.25) is 21.8 Å². The molecule has 1 fully saturated rings. The summed E-state index contributed by atoms with van der Waals surface area (Å²) in [5, 5.41) is 1.72. The highest BCUT2D eigenvalue weighted by Gasteiger charge is 2.33. The lowest BCUT2D eigenvalue weighted by Crippen LogP contribution is -2.35. The molecule has 2 amide bonds. The Labute approximate surface area is 187 Å². The number of carbonyl (C=O) groups excluding carboxylic acids is 2. The van der Waals surface area contributed by atoms with Gasteiger partial charge in [0, 0.05) is 31.4 Å². The minimum absolute atomic E-state index is 0.0368. The van der Waals surface area contributed by atoms with Gasteiger partial charge in [0.15, 0.2) is 0 Å². The molecule has 0 saturated carbocycles. The van der Waals surface area contributed by atoms with Crippen LogP contribution in [0, 0.1) is 0 Å². The van der Waals surface area contributed by atoms with Crippen LogP contribution in [0.15, 0.2) is 47.4 Å². The molecule has 1 aliphatic rings. The lowest BCUT2D eigenvalue weighted by molar-refractivity contribution is -0.137. The molecule has 0 aliphatic carbocycles. The number of hydrogen-bond donors (Lipinski definition) is 1. The minimum atomic E-state index is -4.70. The monoisotopic (exact) mass is 489 g/mol. The number of anilines is 2. The number of hydrogen-bond acceptors (Lipinski definition) is 4. The first kappa shape index (κ1) is 24.0. The van der Waals surface area contributed by atoms with Crippen LogP contribution in [0.25, 0.3) is 0 Å². The third-order valence-electron chi connectivity index (χ3n) is 4.85. The second-order valence-corrected chi connectivity index (χ2v) is 9.60. The molecule has 1 saturated heterocycles. The van der Waals surface area contributed by atoms with Gasteiger partial charge < -0.3 is 10.2 Å². The van der Waals surface area contributed by atoms with Crippen LogP contribution in [0.4, 0.5) is 24.5 Å². The highest BCUT2D eigenvalue weighted by molar-refractivity contribution is 7.89. The van der Waals surface area contributed by atoms with Crippen LogP contribution in [-0.2, 0) is 25.8 Å². The third kappa shape index (κ3) is 5.22. The zero-order chi connectivity index (χ0) is 23.7. The molecule has 7 nitrogen and oxygen atoms in total. The van der Waals surface area contributed by atoms with Gasteiger partial charge in [-0.25, -0.2) is 8.42 Å². The molecule has 0 aromatic heterocycles. The van der Waals surface area contributed by atoms with Crippen molar-refractivity contribution in [2.75, 3.05) is 30.4 Å². The Morgan fingerprint density at radius 1 is 1.19 bits per heavy atom. The molecule has 3 rings (SSSR count). The molecule has 0 unspecified atom stereocenters. The zero-order valence-corrected chi connectivity index (χ0v) is 18.4. The van der Waals surface area contributed by atoms with E-state index < -0.39 is 39.2 Å². The number of nitrogens with zero attached hydrogens (tertiary/aromatic N) is 2. The summed E-state index contributed by atoms with van der Waals surface area (Å²) in [7, 11) is -2.87. The predicted octanol–water partition coefficient (Wildman–Crippen LogP) is 3.74. The normalized spacial score (nSPS) is 14.8. The van der Waals surface area contributed by atoms with Crippen molar-refractivity contribution in [3.05, 3.63) is 53.1 Å². The molecule has 32 heavy (non-hydrogen) atoms. The van der Waals surface area contributed by atoms with Crippen LogP contribution in [-0.4, -0.2) is 44.7 Å². The van der Waals surface area contributed by atoms with Gasteiger partial charge >= 0.3 is 6.18 Å². The highest BCUT2D eigenvalue weighted by atomic mass is 35.5. The first-order chi connectivity index (χ1) is 14.9. The minimum Gasteiger partial charge on any atom is -0.325 e. The Hall–Kier alpha value is -2.63. The Morgan fingerprint density at radius 2 is 1.84 bits per heavy atom. The van der Waals surface area contributed by atoms with E-state index in [1.807, 2.05) is 0 Å². The van der Waals surface area contributed by atoms with E-state index in [2.05, 4.69) is 5.32 Å². The topological polar surface area (TPSA) is 86.8 Å². The van der Waals surface area contributed by atoms with E-state index in [4.69, 9.17) is 11.6 Å². The number of likely N-dealkylation sites (N-methyl/N-ethyl adjacent to an activating group) is 1. The fraction of sp³-hybridized carbons (Fsp3) is 0.300. The number of sulfonamides is 1. The smallest absolute Gasteiger partial charge is 0.325 e. The molecule has 0 radical (unpaired) electrons. The molecule has 2 aromatic carbocycles. The Bertz CT molecular complexity index is 1140. The van der Waals surface area contributed by atoms with Gasteiger partial charge in [-0.05, 0) is 48.9 Å². The lowest BCUT2D eigenvalue weighted by atomic mass is 10.2. The number of rotatable bonds is 6. The third-order valence-corrected chi connectivity index (χ3v) is 7.00. The van der Waals surface area contributed by atoms with Crippen LogP contribution in [0.3, 0.4) is 0 Å². The molecule has 2 aromatic rings. The van der Waals surface area contributed by atoms with Gasteiger partial charge in [0.05, 0.1) is 22.0 Å². The van der Waals surface area contributed by atoms with Crippen LogP contribution >= 0.6 is 11.6 Å². The van der Waals surface area contributed by atoms with Gasteiger partial charge in [-0.1, -0.05) is 11.6 Å². The SMILES string of the molecule is CN(CC(=O)Nc1ccc(Cl)c(C(F)(F)F)c1)S(=O)(=O)c1ccc(N2CCCC2=O)cc1. The second-order valence-electron chi connectivity index (χ2n) is 7.14. The van der Waals surface area contributed by atoms with Gasteiger partial charge in [0.25, 0.3) is 0 Å². The first-order valence-corrected chi connectivity index (χ1v) is 11.2. The van der Waals surface area contributed by atoms with Crippen molar-refractivity contribution in [2.45, 2.75) is 23.9 Å². The average Bonchev–Trinajstić information content (AvgIpc) is 3.14. The quantitative estimate of drug-likeness (QED) is 0.669. The van der Waals surface area contributed by atoms with Crippen molar-refractivity contribution >= 4 is 44.8 Å². The summed E-state index contributed by atoms with van der Waals surface area (Å²) in [5.41, 5.74) is -0.707. The van der Waals surface area contributed by atoms with Crippen molar-refractivity contribution in [3.8, 4) is 0 Å². The predicted molar refractivity (Wildman–Crippen MR) is 113 cm³/mol. The van der Waals surface area contributed by atoms with Crippen molar-refractivity contribution in [1.82, 2.24) is 4.31 Å². The number of carbonyl (C=O) groups is 2. The molecule has 12 heteroatoms. The maximum atomic E-state index is 13.0. The highest BCUT2D eigenvalue weighted by Crippen LogP contribution is 2.36. The van der Waals surface area contributed by atoms with E-state index in [9.17, 15) is 31.2 Å². The molecular weight excluding hydrogens is 471 g/mol. The van der Waals surface area contributed by atoms with Gasteiger partial charge in [-0.3, -0.25) is 9.59 Å². The maximum Gasteiger partial charge on any atom is 0.417 e. The standard InChI is InChI=1S/C20H19ClF3N3O4S/c1-26(12-18(28)25-13-4-9-17(21)16(11-13)20(22,23)24)32(30,31)15-7-5-14(6-8-15)27-10-2-3-19(27)29/h4-9,11H,2-3,10,12H2,1H3,(H,25,28). The van der Waals surface area contributed by atoms with Gasteiger partial charge in [-0.2, -0.15) is 17.5 Å². The Balaban J connectivity index is 1.68. The van der Waals surface area contributed by atoms with Crippen LogP contribution in [0.5, 0.6) is 0 Å². The summed E-state index contributed by atoms with van der Waals surface area (Å²) in [6.07, 6.45) is -3.53. The summed E-state index contributed by atoms with van der Waals surface area (Å²) in [6.45, 7) is -0.0651. The molecule has 0 spiro atoms. The number of nitrogens with one attached hydrogen (secondary N) is 1. The van der Waals surface area contributed by atoms with Crippen molar-refractivity contribution < 1.29 is 31.2 Å². The summed E-state index contributed by atoms with van der Waals surface area (Å²) < 4.78 is 65.2. The largest absolute Gasteiger partial charge is 0.417 e.